The number of hydrogen-bond donors (Lipinski definition) is 3. The lowest BCUT2D eigenvalue weighted by molar-refractivity contribution is -0.115. The first-order chi connectivity index (χ1) is 15.5. The van der Waals surface area contributed by atoms with Crippen LogP contribution in [0, 0.1) is 11.3 Å². The topological polar surface area (TPSA) is 138 Å². The van der Waals surface area contributed by atoms with Gasteiger partial charge in [-0.1, -0.05) is 11.6 Å². The third kappa shape index (κ3) is 6.35. The van der Waals surface area contributed by atoms with Gasteiger partial charge < -0.3 is 20.1 Å². The van der Waals surface area contributed by atoms with Gasteiger partial charge in [0.05, 0.1) is 35.8 Å². The third-order valence-corrected chi connectivity index (χ3v) is 4.79. The van der Waals surface area contributed by atoms with E-state index in [4.69, 9.17) is 32.7 Å². The number of halogens is 2. The van der Waals surface area contributed by atoms with Crippen LogP contribution in [0.4, 0.5) is 22.0 Å². The van der Waals surface area contributed by atoms with Gasteiger partial charge in [-0.25, -0.2) is 9.78 Å². The van der Waals surface area contributed by atoms with Crippen LogP contribution in [-0.4, -0.2) is 41.0 Å². The van der Waals surface area contributed by atoms with E-state index < -0.39 is 6.03 Å². The number of alkyl halides is 1. The first-order valence-corrected chi connectivity index (χ1v) is 10.7. The van der Waals surface area contributed by atoms with Crippen LogP contribution in [-0.2, 0) is 4.79 Å². The number of carbonyl (C=O) groups is 2. The number of fused-ring (bicyclic) bond motifs is 3. The van der Waals surface area contributed by atoms with Crippen molar-refractivity contribution in [3.63, 3.8) is 0 Å². The quantitative estimate of drug-likeness (QED) is 0.562. The molecule has 0 spiro atoms. The van der Waals surface area contributed by atoms with Gasteiger partial charge in [-0.2, -0.15) is 10.2 Å². The molecule has 1 aromatic carbocycles. The van der Waals surface area contributed by atoms with Gasteiger partial charge in [0, 0.05) is 18.4 Å². The molecule has 1 aliphatic heterocycles. The molecule has 0 atom stereocenters. The van der Waals surface area contributed by atoms with Crippen LogP contribution in [0.3, 0.4) is 0 Å². The van der Waals surface area contributed by atoms with E-state index in [2.05, 4.69) is 25.9 Å². The highest BCUT2D eigenvalue weighted by molar-refractivity contribution is 6.34. The Morgan fingerprint density at radius 1 is 1.22 bits per heavy atom. The Morgan fingerprint density at radius 3 is 2.75 bits per heavy atom. The van der Waals surface area contributed by atoms with E-state index in [9.17, 15) is 14.9 Å². The number of aromatic nitrogens is 2. The molecule has 2 heterocycles. The van der Waals surface area contributed by atoms with Crippen molar-refractivity contribution in [2.45, 2.75) is 25.7 Å². The van der Waals surface area contributed by atoms with Crippen molar-refractivity contribution in [2.75, 3.05) is 35.0 Å². The fraction of sp³-hybridized carbons (Fsp3) is 0.350. The maximum Gasteiger partial charge on any atom is 0.325 e. The summed E-state index contributed by atoms with van der Waals surface area (Å²) < 4.78 is 11.4. The number of nitrogens with one attached hydrogen (secondary N) is 3. The molecule has 2 aromatic rings. The van der Waals surface area contributed by atoms with Gasteiger partial charge in [0.25, 0.3) is 5.88 Å². The molecular weight excluding hydrogens is 459 g/mol. The van der Waals surface area contributed by atoms with Crippen LogP contribution in [0.2, 0.25) is 5.02 Å². The number of anilines is 3. The van der Waals surface area contributed by atoms with Crippen molar-refractivity contribution >= 4 is 52.3 Å². The standard InChI is InChI=1S/C20H20Cl2N6O4/c21-5-4-18(29)25-13-9-16-14(8-12(13)22)26-20(30)28-17-11-24-15(10-23)19(27-17)32-7-3-1-2-6-31-16/h8-9,11H,1-7H2,(H,25,29)(H2,26,27,28,30). The van der Waals surface area contributed by atoms with Gasteiger partial charge in [0.2, 0.25) is 11.6 Å². The Morgan fingerprint density at radius 2 is 2.00 bits per heavy atom. The molecule has 0 saturated carbocycles. The number of rotatable bonds is 3. The van der Waals surface area contributed by atoms with Crippen molar-refractivity contribution in [1.29, 1.82) is 5.26 Å². The maximum absolute atomic E-state index is 12.5. The van der Waals surface area contributed by atoms with E-state index in [0.717, 1.165) is 6.42 Å². The van der Waals surface area contributed by atoms with Crippen molar-refractivity contribution in [2.24, 2.45) is 0 Å². The molecule has 0 unspecified atom stereocenters. The summed E-state index contributed by atoms with van der Waals surface area (Å²) in [6.07, 6.45) is 3.59. The van der Waals surface area contributed by atoms with Crippen LogP contribution in [0.25, 0.3) is 0 Å². The van der Waals surface area contributed by atoms with E-state index in [0.29, 0.717) is 43.2 Å². The fourth-order valence-corrected chi connectivity index (χ4v) is 3.16. The number of ether oxygens (including phenoxy) is 2. The Labute approximate surface area is 194 Å². The maximum atomic E-state index is 12.5. The van der Waals surface area contributed by atoms with Gasteiger partial charge in [-0.05, 0) is 25.3 Å². The number of urea groups is 1. The average Bonchev–Trinajstić information content (AvgIpc) is 2.75. The van der Waals surface area contributed by atoms with Gasteiger partial charge >= 0.3 is 6.03 Å². The Hall–Kier alpha value is -3.29. The molecule has 2 bridgehead atoms. The zero-order chi connectivity index (χ0) is 22.9. The van der Waals surface area contributed by atoms with E-state index in [1.807, 2.05) is 6.07 Å². The molecule has 3 rings (SSSR count). The van der Waals surface area contributed by atoms with Crippen molar-refractivity contribution < 1.29 is 19.1 Å². The lowest BCUT2D eigenvalue weighted by Crippen LogP contribution is -2.21. The molecule has 0 aliphatic carbocycles. The van der Waals surface area contributed by atoms with Crippen LogP contribution >= 0.6 is 23.2 Å². The van der Waals surface area contributed by atoms with E-state index in [1.165, 1.54) is 12.3 Å². The number of benzene rings is 1. The minimum atomic E-state index is -0.635. The number of nitrogens with zero attached hydrogens (tertiary/aromatic N) is 3. The molecule has 10 nitrogen and oxygen atoms in total. The van der Waals surface area contributed by atoms with Crippen LogP contribution in [0.1, 0.15) is 31.4 Å². The van der Waals surface area contributed by atoms with E-state index >= 15 is 0 Å². The predicted molar refractivity (Wildman–Crippen MR) is 120 cm³/mol. The van der Waals surface area contributed by atoms with Crippen molar-refractivity contribution in [3.05, 3.63) is 29.0 Å². The second-order valence-corrected chi connectivity index (χ2v) is 7.46. The molecule has 0 saturated heterocycles. The normalized spacial score (nSPS) is 14.1. The van der Waals surface area contributed by atoms with Gasteiger partial charge in [-0.15, -0.1) is 11.6 Å². The molecule has 3 N–H and O–H groups in total. The van der Waals surface area contributed by atoms with Crippen molar-refractivity contribution in [1.82, 2.24) is 9.97 Å². The Balaban J connectivity index is 1.87. The second kappa shape index (κ2) is 11.4. The predicted octanol–water partition coefficient (Wildman–Crippen LogP) is 4.15. The smallest absolute Gasteiger partial charge is 0.325 e. The molecule has 1 aromatic heterocycles. The molecule has 0 radical (unpaired) electrons. The lowest BCUT2D eigenvalue weighted by atomic mass is 10.2. The summed E-state index contributed by atoms with van der Waals surface area (Å²) in [5.74, 6) is 0.376. The first-order valence-electron chi connectivity index (χ1n) is 9.80. The van der Waals surface area contributed by atoms with Crippen LogP contribution < -0.4 is 25.4 Å². The van der Waals surface area contributed by atoms with Gasteiger partial charge in [0.15, 0.2) is 5.82 Å². The molecule has 168 valence electrons. The molecule has 1 aliphatic rings. The summed E-state index contributed by atoms with van der Waals surface area (Å²) in [6.45, 7) is 0.700. The minimum Gasteiger partial charge on any atom is -0.491 e. The summed E-state index contributed by atoms with van der Waals surface area (Å²) in [6, 6.07) is 4.30. The fourth-order valence-electron chi connectivity index (χ4n) is 2.78. The summed E-state index contributed by atoms with van der Waals surface area (Å²) in [5.41, 5.74) is 0.678. The second-order valence-electron chi connectivity index (χ2n) is 6.67. The van der Waals surface area contributed by atoms with Crippen LogP contribution in [0.15, 0.2) is 18.3 Å². The number of carbonyl (C=O) groups excluding carboxylic acids is 2. The monoisotopic (exact) mass is 478 g/mol. The summed E-state index contributed by atoms with van der Waals surface area (Å²) in [5, 5.41) is 17.2. The Bertz CT molecular complexity index is 1040. The van der Waals surface area contributed by atoms with E-state index in [-0.39, 0.29) is 40.6 Å². The third-order valence-electron chi connectivity index (χ3n) is 4.29. The zero-order valence-corrected chi connectivity index (χ0v) is 18.4. The molecule has 12 heteroatoms. The molecule has 3 amide bonds. The lowest BCUT2D eigenvalue weighted by Gasteiger charge is -2.16. The highest BCUT2D eigenvalue weighted by Crippen LogP contribution is 2.35. The molecule has 0 fully saturated rings. The largest absolute Gasteiger partial charge is 0.491 e. The number of nitriles is 1. The minimum absolute atomic E-state index is 0.0319. The summed E-state index contributed by atoms with van der Waals surface area (Å²) in [7, 11) is 0. The van der Waals surface area contributed by atoms with Gasteiger partial charge in [-0.3, -0.25) is 10.1 Å². The summed E-state index contributed by atoms with van der Waals surface area (Å²) in [4.78, 5) is 32.5. The van der Waals surface area contributed by atoms with Crippen LogP contribution in [0.5, 0.6) is 11.6 Å². The first kappa shape index (κ1) is 23.4. The number of hydrogen-bond acceptors (Lipinski definition) is 7. The summed E-state index contributed by atoms with van der Waals surface area (Å²) >= 11 is 11.9. The van der Waals surface area contributed by atoms with Crippen molar-refractivity contribution in [3.8, 4) is 17.7 Å². The average molecular weight is 479 g/mol. The van der Waals surface area contributed by atoms with Gasteiger partial charge in [0.1, 0.15) is 11.8 Å². The highest BCUT2D eigenvalue weighted by Gasteiger charge is 2.16. The SMILES string of the molecule is N#Cc1ncc2nc1OCCCCCOc1cc(NC(=O)CCCl)c(Cl)cc1NC(=O)N2. The molecular formula is C20H20Cl2N6O4. The molecule has 32 heavy (non-hydrogen) atoms. The highest BCUT2D eigenvalue weighted by atomic mass is 35.5. The van der Waals surface area contributed by atoms with E-state index in [1.54, 1.807) is 6.07 Å². The Kier molecular flexibility index (Phi) is 8.30. The number of amides is 3. The zero-order valence-electron chi connectivity index (χ0n) is 16.9.